The molecule has 0 aromatic carbocycles. The zero-order chi connectivity index (χ0) is 2.71. The Morgan fingerprint density at radius 3 is 1.75 bits per heavy atom. The topological polar surface area (TPSA) is 0 Å². The summed E-state index contributed by atoms with van der Waals surface area (Å²) in [5.41, 5.74) is 0. The third-order valence-electron chi connectivity index (χ3n) is 0. The summed E-state index contributed by atoms with van der Waals surface area (Å²) in [5.74, 6) is 0. The quantitative estimate of drug-likeness (QED) is 0.237. The van der Waals surface area contributed by atoms with Crippen LogP contribution in [-0.4, -0.2) is 34.1 Å². The second-order valence-corrected chi connectivity index (χ2v) is 3.00. The average Bonchev–Trinajstić information content (AvgIpc) is 0.918. The van der Waals surface area contributed by atoms with E-state index < -0.39 is 0 Å². The van der Waals surface area contributed by atoms with E-state index in [1.54, 1.807) is 0 Å². The normalized spacial score (nSPS) is 4.25. The number of hydrogen-bond acceptors (Lipinski definition) is 0. The van der Waals surface area contributed by atoms with Crippen LogP contribution in [0, 0.1) is 0 Å². The van der Waals surface area contributed by atoms with Gasteiger partial charge in [0.25, 0.3) is 0 Å². The maximum atomic E-state index is 2.52. The molecule has 0 aliphatic heterocycles. The highest BCUT2D eigenvalue weighted by Gasteiger charge is 1.43. The van der Waals surface area contributed by atoms with Gasteiger partial charge in [0.15, 0.2) is 17.4 Å². The first kappa shape index (κ1) is 8.98. The van der Waals surface area contributed by atoms with E-state index in [4.69, 9.17) is 0 Å². The van der Waals surface area contributed by atoms with E-state index >= 15 is 0 Å². The van der Waals surface area contributed by atoms with Gasteiger partial charge in [-0.1, -0.05) is 0 Å². The molecular formula is H8AlBPSi. The minimum Gasteiger partial charge on any atom is -0.182 e. The number of rotatable bonds is 0. The van der Waals surface area contributed by atoms with E-state index in [2.05, 4.69) is 15.7 Å². The molecule has 0 saturated carbocycles. The van der Waals surface area contributed by atoms with Crippen LogP contribution in [0.4, 0.5) is 0 Å². The lowest BCUT2D eigenvalue weighted by Crippen LogP contribution is -1.60. The molecule has 0 aliphatic rings. The standard InChI is InChI=1S/Al.BH5PSi.3H/c;2-1-3;;;/h;2H2,3H3;;;. The Bertz CT molecular complexity index is 8.00. The zero-order valence-corrected chi connectivity index (χ0v) is 5.31. The highest BCUT2D eigenvalue weighted by Crippen LogP contribution is 1.56. The molecule has 0 amide bonds. The summed E-state index contributed by atoms with van der Waals surface area (Å²) >= 11 is 0. The van der Waals surface area contributed by atoms with Gasteiger partial charge in [-0.2, -0.15) is 9.12 Å². The van der Waals surface area contributed by atoms with Crippen molar-refractivity contribution in [3.63, 3.8) is 0 Å². The molecule has 23 valence electrons. The molecule has 0 heterocycles. The van der Waals surface area contributed by atoms with Crippen molar-refractivity contribution in [3.8, 4) is 0 Å². The summed E-state index contributed by atoms with van der Waals surface area (Å²) in [5, 5.41) is 0. The molecule has 1 radical (unpaired) electrons. The van der Waals surface area contributed by atoms with Crippen molar-refractivity contribution in [1.82, 2.24) is 0 Å². The molecule has 0 fully saturated rings. The molecule has 4 heavy (non-hydrogen) atoms. The molecular weight excluding hydrogens is 96.9 g/mol. The first-order valence-electron chi connectivity index (χ1n) is 0.911. The van der Waals surface area contributed by atoms with Gasteiger partial charge in [0.2, 0.25) is 0 Å². The molecule has 0 nitrogen and oxygen atoms in total. The van der Waals surface area contributed by atoms with Crippen LogP contribution in [0.2, 0.25) is 0 Å². The predicted octanol–water partition coefficient (Wildman–Crippen LogP) is -2.42. The second kappa shape index (κ2) is 8.87. The highest BCUT2D eigenvalue weighted by atomic mass is 31.0. The lowest BCUT2D eigenvalue weighted by atomic mass is 10.7. The third kappa shape index (κ3) is 10.6. The van der Waals surface area contributed by atoms with Crippen LogP contribution >= 0.6 is 9.12 Å². The second-order valence-electron chi connectivity index (χ2n) is 0.333. The average molecular weight is 105 g/mol. The van der Waals surface area contributed by atoms with Crippen molar-refractivity contribution in [2.75, 3.05) is 0 Å². The summed E-state index contributed by atoms with van der Waals surface area (Å²) in [6.45, 7) is 2.06. The summed E-state index contributed by atoms with van der Waals surface area (Å²) in [4.78, 5) is 0. The van der Waals surface area contributed by atoms with Gasteiger partial charge < -0.3 is 0 Å². The molecule has 0 aromatic rings. The monoisotopic (exact) mass is 105 g/mol. The number of hydrogen-bond donors (Lipinski definition) is 0. The Balaban J connectivity index is 0. The van der Waals surface area contributed by atoms with Crippen LogP contribution in [-0.2, 0) is 0 Å². The Hall–Kier alpha value is 1.24. The fourth-order valence-corrected chi connectivity index (χ4v) is 0. The smallest absolute Gasteiger partial charge is 0.182 e. The minimum atomic E-state index is 0. The minimum absolute atomic E-state index is 0. The maximum Gasteiger partial charge on any atom is 0.187 e. The fraction of sp³-hybridized carbons (Fsp3) is 0. The van der Waals surface area contributed by atoms with Crippen LogP contribution in [0.5, 0.6) is 0 Å². The predicted molar refractivity (Wildman–Crippen MR) is 35.3 cm³/mol. The van der Waals surface area contributed by atoms with Gasteiger partial charge in [0.1, 0.15) is 6.59 Å². The van der Waals surface area contributed by atoms with Crippen molar-refractivity contribution in [2.24, 2.45) is 0 Å². The van der Waals surface area contributed by atoms with Crippen molar-refractivity contribution in [1.29, 1.82) is 0 Å². The molecule has 0 bridgehead atoms. The zero-order valence-electron chi connectivity index (χ0n) is 2.15. The van der Waals surface area contributed by atoms with E-state index in [9.17, 15) is 0 Å². The van der Waals surface area contributed by atoms with E-state index in [0.29, 0.717) is 0 Å². The lowest BCUT2D eigenvalue weighted by molar-refractivity contribution is 4.52. The molecule has 1 unspecified atom stereocenters. The van der Waals surface area contributed by atoms with E-state index in [-0.39, 0.29) is 17.4 Å². The Morgan fingerprint density at radius 1 is 1.75 bits per heavy atom. The summed E-state index contributed by atoms with van der Waals surface area (Å²) < 4.78 is 0. The molecule has 0 rings (SSSR count). The molecule has 0 aliphatic carbocycles. The van der Waals surface area contributed by atoms with Gasteiger partial charge >= 0.3 is 0 Å². The van der Waals surface area contributed by atoms with Crippen LogP contribution in [0.25, 0.3) is 0 Å². The summed E-state index contributed by atoms with van der Waals surface area (Å²) in [7, 11) is 3.72. The first-order chi connectivity index (χ1) is 1.41. The SMILES string of the molecule is [AlH3].[SiH3][B]P. The first-order valence-corrected chi connectivity index (χ1v) is 2.73. The van der Waals surface area contributed by atoms with E-state index in [0.717, 1.165) is 0 Å². The Morgan fingerprint density at radius 2 is 1.75 bits per heavy atom. The molecule has 0 spiro atoms. The van der Waals surface area contributed by atoms with E-state index in [1.165, 1.54) is 10.1 Å². The third-order valence-corrected chi connectivity index (χ3v) is 0. The molecule has 1 atom stereocenters. The van der Waals surface area contributed by atoms with Crippen molar-refractivity contribution >= 4 is 43.2 Å². The largest absolute Gasteiger partial charge is 0.187 e. The Kier molecular flexibility index (Phi) is 19.9. The van der Waals surface area contributed by atoms with Crippen molar-refractivity contribution in [2.45, 2.75) is 0 Å². The van der Waals surface area contributed by atoms with Gasteiger partial charge in [-0.3, -0.25) is 0 Å². The van der Waals surface area contributed by atoms with Crippen molar-refractivity contribution < 1.29 is 0 Å². The molecule has 0 aromatic heterocycles. The van der Waals surface area contributed by atoms with Crippen LogP contribution < -0.4 is 0 Å². The maximum absolute atomic E-state index is 2.52. The summed E-state index contributed by atoms with van der Waals surface area (Å²) in [6.07, 6.45) is 0. The lowest BCUT2D eigenvalue weighted by Gasteiger charge is -1.41. The molecule has 0 N–H and O–H groups in total. The van der Waals surface area contributed by atoms with Gasteiger partial charge in [-0.25, -0.2) is 0 Å². The van der Waals surface area contributed by atoms with Gasteiger partial charge in [-0.05, 0) is 10.1 Å². The highest BCUT2D eigenvalue weighted by molar-refractivity contribution is 7.65. The summed E-state index contributed by atoms with van der Waals surface area (Å²) in [6, 6.07) is 0. The molecule has 0 saturated heterocycles. The van der Waals surface area contributed by atoms with Crippen LogP contribution in [0.1, 0.15) is 0 Å². The van der Waals surface area contributed by atoms with Gasteiger partial charge in [0, 0.05) is 0 Å². The van der Waals surface area contributed by atoms with Crippen molar-refractivity contribution in [3.05, 3.63) is 0 Å². The fourth-order valence-electron chi connectivity index (χ4n) is 0. The Labute approximate surface area is 43.6 Å². The van der Waals surface area contributed by atoms with Crippen LogP contribution in [0.3, 0.4) is 0 Å². The van der Waals surface area contributed by atoms with E-state index in [1.807, 2.05) is 0 Å². The van der Waals surface area contributed by atoms with Gasteiger partial charge in [0.05, 0.1) is 0 Å². The molecule has 4 heteroatoms. The van der Waals surface area contributed by atoms with Gasteiger partial charge in [-0.15, -0.1) is 0 Å². The van der Waals surface area contributed by atoms with Crippen LogP contribution in [0.15, 0.2) is 0 Å².